The van der Waals surface area contributed by atoms with Gasteiger partial charge in [-0.3, -0.25) is 4.99 Å². The summed E-state index contributed by atoms with van der Waals surface area (Å²) in [6.45, 7) is 11.1. The highest BCUT2D eigenvalue weighted by molar-refractivity contribution is 6.69. The maximum atomic E-state index is 5.83. The van der Waals surface area contributed by atoms with E-state index in [-0.39, 0.29) is 0 Å². The fourth-order valence-corrected chi connectivity index (χ4v) is 5.32. The molecule has 0 aliphatic carbocycles. The van der Waals surface area contributed by atoms with Crippen LogP contribution in [0.25, 0.3) is 0 Å². The molecule has 100 valence electrons. The summed E-state index contributed by atoms with van der Waals surface area (Å²) in [6, 6.07) is 1.65. The molecule has 1 aliphatic rings. The Kier molecular flexibility index (Phi) is 5.83. The normalized spacial score (nSPS) is 29.1. The van der Waals surface area contributed by atoms with Crippen molar-refractivity contribution < 1.29 is 4.43 Å². The van der Waals surface area contributed by atoms with Crippen molar-refractivity contribution in [1.29, 1.82) is 0 Å². The average Bonchev–Trinajstić information content (AvgIpc) is 2.30. The van der Waals surface area contributed by atoms with Crippen LogP contribution in [0.1, 0.15) is 33.6 Å². The second kappa shape index (κ2) is 6.66. The van der Waals surface area contributed by atoms with Crippen molar-refractivity contribution in [2.24, 2.45) is 10.9 Å². The van der Waals surface area contributed by atoms with Crippen LogP contribution in [0.15, 0.2) is 4.99 Å². The van der Waals surface area contributed by atoms with Gasteiger partial charge in [0.25, 0.3) is 8.48 Å². The summed E-state index contributed by atoms with van der Waals surface area (Å²) in [5.74, 6) is 0.546. The standard InChI is InChI=1S/C13H28N2OSi/c1-12(2)10-14-13(3)11-15-8-6-7-9-17(15,5)16-4/h10,12-13H,6-9,11H2,1-5H3. The molecule has 1 heterocycles. The van der Waals surface area contributed by atoms with Gasteiger partial charge in [0.05, 0.1) is 6.04 Å². The largest absolute Gasteiger partial charge is 0.406 e. The summed E-state index contributed by atoms with van der Waals surface area (Å²) >= 11 is 0. The zero-order valence-electron chi connectivity index (χ0n) is 12.1. The Hall–Kier alpha value is -0.193. The van der Waals surface area contributed by atoms with Crippen LogP contribution in [0.3, 0.4) is 0 Å². The molecule has 0 saturated carbocycles. The van der Waals surface area contributed by atoms with E-state index in [1.807, 2.05) is 7.11 Å². The zero-order chi connectivity index (χ0) is 12.9. The molecule has 0 aromatic rings. The number of hydrogen-bond acceptors (Lipinski definition) is 3. The summed E-state index contributed by atoms with van der Waals surface area (Å²) in [5, 5.41) is 0. The van der Waals surface area contributed by atoms with E-state index in [1.165, 1.54) is 25.4 Å². The van der Waals surface area contributed by atoms with Crippen molar-refractivity contribution in [2.45, 2.75) is 52.2 Å². The molecule has 2 atom stereocenters. The average molecular weight is 256 g/mol. The van der Waals surface area contributed by atoms with E-state index in [4.69, 9.17) is 4.43 Å². The van der Waals surface area contributed by atoms with Crippen LogP contribution in [0.5, 0.6) is 0 Å². The highest BCUT2D eigenvalue weighted by Crippen LogP contribution is 2.25. The molecule has 1 fully saturated rings. The zero-order valence-corrected chi connectivity index (χ0v) is 13.1. The van der Waals surface area contributed by atoms with Crippen LogP contribution in [0, 0.1) is 5.92 Å². The van der Waals surface area contributed by atoms with Gasteiger partial charge in [-0.25, -0.2) is 0 Å². The number of rotatable bonds is 5. The van der Waals surface area contributed by atoms with Gasteiger partial charge in [-0.2, -0.15) is 0 Å². The molecule has 1 saturated heterocycles. The Morgan fingerprint density at radius 2 is 2.06 bits per heavy atom. The van der Waals surface area contributed by atoms with Gasteiger partial charge in [-0.15, -0.1) is 0 Å². The second-order valence-corrected chi connectivity index (χ2v) is 9.56. The fourth-order valence-electron chi connectivity index (χ4n) is 2.35. The smallest absolute Gasteiger partial charge is 0.267 e. The van der Waals surface area contributed by atoms with E-state index in [0.717, 1.165) is 6.54 Å². The first-order chi connectivity index (χ1) is 7.98. The fraction of sp³-hybridized carbons (Fsp3) is 0.923. The van der Waals surface area contributed by atoms with Gasteiger partial charge >= 0.3 is 0 Å². The van der Waals surface area contributed by atoms with Crippen LogP contribution < -0.4 is 0 Å². The van der Waals surface area contributed by atoms with Gasteiger partial charge in [-0.1, -0.05) is 20.3 Å². The highest BCUT2D eigenvalue weighted by atomic mass is 28.4. The molecule has 3 nitrogen and oxygen atoms in total. The van der Waals surface area contributed by atoms with Crippen molar-refractivity contribution in [3.8, 4) is 0 Å². The van der Waals surface area contributed by atoms with E-state index >= 15 is 0 Å². The summed E-state index contributed by atoms with van der Waals surface area (Å²) < 4.78 is 8.41. The first kappa shape index (κ1) is 14.9. The number of aliphatic imine (C=N–C) groups is 1. The predicted octanol–water partition coefficient (Wildman–Crippen LogP) is 2.92. The van der Waals surface area contributed by atoms with Crippen LogP contribution >= 0.6 is 0 Å². The number of hydrogen-bond donors (Lipinski definition) is 0. The van der Waals surface area contributed by atoms with E-state index in [1.54, 1.807) is 0 Å². The van der Waals surface area contributed by atoms with E-state index in [9.17, 15) is 0 Å². The van der Waals surface area contributed by atoms with Crippen molar-refractivity contribution in [3.05, 3.63) is 0 Å². The first-order valence-electron chi connectivity index (χ1n) is 6.81. The molecule has 0 N–H and O–H groups in total. The van der Waals surface area contributed by atoms with Gasteiger partial charge < -0.3 is 8.99 Å². The molecule has 0 spiro atoms. The quantitative estimate of drug-likeness (QED) is 0.558. The third-order valence-corrected chi connectivity index (χ3v) is 7.46. The molecule has 0 aromatic heterocycles. The topological polar surface area (TPSA) is 24.8 Å². The van der Waals surface area contributed by atoms with Crippen molar-refractivity contribution in [3.63, 3.8) is 0 Å². The highest BCUT2D eigenvalue weighted by Gasteiger charge is 2.38. The lowest BCUT2D eigenvalue weighted by molar-refractivity contribution is 0.258. The lowest BCUT2D eigenvalue weighted by atomic mass is 10.2. The van der Waals surface area contributed by atoms with Gasteiger partial charge in [0.2, 0.25) is 0 Å². The minimum Gasteiger partial charge on any atom is -0.406 e. The van der Waals surface area contributed by atoms with Gasteiger partial charge in [0.1, 0.15) is 0 Å². The minimum atomic E-state index is -1.60. The summed E-state index contributed by atoms with van der Waals surface area (Å²) in [4.78, 5) is 4.62. The maximum Gasteiger partial charge on any atom is 0.267 e. The molecule has 0 bridgehead atoms. The van der Waals surface area contributed by atoms with E-state index < -0.39 is 8.48 Å². The Bertz CT molecular complexity index is 258. The number of nitrogens with zero attached hydrogens (tertiary/aromatic N) is 2. The Morgan fingerprint density at radius 3 is 2.65 bits per heavy atom. The van der Waals surface area contributed by atoms with Gasteiger partial charge in [0.15, 0.2) is 0 Å². The third kappa shape index (κ3) is 4.52. The maximum absolute atomic E-state index is 5.83. The Balaban J connectivity index is 2.53. The van der Waals surface area contributed by atoms with E-state index in [2.05, 4.69) is 43.1 Å². The predicted molar refractivity (Wildman–Crippen MR) is 77.0 cm³/mol. The monoisotopic (exact) mass is 256 g/mol. The van der Waals surface area contributed by atoms with Crippen molar-refractivity contribution in [1.82, 2.24) is 4.57 Å². The minimum absolute atomic E-state index is 0.387. The van der Waals surface area contributed by atoms with Crippen LogP contribution in [-0.2, 0) is 4.43 Å². The molecule has 1 aliphatic heterocycles. The summed E-state index contributed by atoms with van der Waals surface area (Å²) in [6.07, 6.45) is 4.71. The lowest BCUT2D eigenvalue weighted by Crippen LogP contribution is -2.57. The van der Waals surface area contributed by atoms with Crippen molar-refractivity contribution in [2.75, 3.05) is 20.2 Å². The molecule has 0 amide bonds. The van der Waals surface area contributed by atoms with Crippen LogP contribution in [0.2, 0.25) is 12.6 Å². The Morgan fingerprint density at radius 1 is 1.35 bits per heavy atom. The first-order valence-corrected chi connectivity index (χ1v) is 9.37. The van der Waals surface area contributed by atoms with E-state index in [0.29, 0.717) is 12.0 Å². The molecule has 4 heteroatoms. The summed E-state index contributed by atoms with van der Waals surface area (Å²) in [5.41, 5.74) is 0. The molecule has 17 heavy (non-hydrogen) atoms. The molecule has 0 radical (unpaired) electrons. The molecule has 2 unspecified atom stereocenters. The van der Waals surface area contributed by atoms with Crippen LogP contribution in [0.4, 0.5) is 0 Å². The lowest BCUT2D eigenvalue weighted by Gasteiger charge is -2.42. The van der Waals surface area contributed by atoms with Crippen LogP contribution in [-0.4, -0.2) is 45.5 Å². The molecular formula is C13H28N2OSi. The van der Waals surface area contributed by atoms with Gasteiger partial charge in [-0.05, 0) is 38.4 Å². The SMILES string of the molecule is CO[Si]1(C)CCCCN1CC(C)N=CC(C)C. The summed E-state index contributed by atoms with van der Waals surface area (Å²) in [7, 11) is 0.282. The van der Waals surface area contributed by atoms with Gasteiger partial charge in [0, 0.05) is 19.9 Å². The molecule has 1 rings (SSSR count). The Labute approximate surface area is 107 Å². The second-order valence-electron chi connectivity index (χ2n) is 5.67. The molecule has 0 aromatic carbocycles. The third-order valence-electron chi connectivity index (χ3n) is 3.55. The molecular weight excluding hydrogens is 228 g/mol. The van der Waals surface area contributed by atoms with Crippen molar-refractivity contribution >= 4 is 14.7 Å².